The zero-order valence-corrected chi connectivity index (χ0v) is 14.9. The van der Waals surface area contributed by atoms with Crippen LogP contribution in [0.1, 0.15) is 39.5 Å². The van der Waals surface area contributed by atoms with E-state index in [-0.39, 0.29) is 36.2 Å². The maximum Gasteiger partial charge on any atom is 0.220 e. The zero-order chi connectivity index (χ0) is 18.4. The Balaban J connectivity index is 1.89. The first kappa shape index (κ1) is 19.1. The monoisotopic (exact) mass is 348 g/mol. The quantitative estimate of drug-likeness (QED) is 0.805. The van der Waals surface area contributed by atoms with Crippen LogP contribution in [0.15, 0.2) is 34.9 Å². The van der Waals surface area contributed by atoms with Gasteiger partial charge in [0.15, 0.2) is 11.7 Å². The number of aliphatic hydroxyl groups is 1. The number of nitrogens with zero attached hydrogens (tertiary/aromatic N) is 1. The number of oxazole rings is 1. The van der Waals surface area contributed by atoms with Gasteiger partial charge in [-0.1, -0.05) is 32.9 Å². The normalized spacial score (nSPS) is 12.8. The van der Waals surface area contributed by atoms with Gasteiger partial charge in [0.25, 0.3) is 0 Å². The van der Waals surface area contributed by atoms with Gasteiger partial charge in [-0.05, 0) is 24.0 Å². The third kappa shape index (κ3) is 5.98. The predicted octanol–water partition coefficient (Wildman–Crippen LogP) is 3.33. The van der Waals surface area contributed by atoms with E-state index in [9.17, 15) is 14.3 Å². The number of hydrogen-bond donors (Lipinski definition) is 2. The second kappa shape index (κ2) is 8.25. The molecule has 5 nitrogen and oxygen atoms in total. The van der Waals surface area contributed by atoms with Crippen LogP contribution in [0.3, 0.4) is 0 Å². The lowest BCUT2D eigenvalue weighted by Gasteiger charge is -2.25. The summed E-state index contributed by atoms with van der Waals surface area (Å²) in [7, 11) is 0. The van der Waals surface area contributed by atoms with Crippen molar-refractivity contribution in [2.75, 3.05) is 6.61 Å². The van der Waals surface area contributed by atoms with Crippen LogP contribution in [0.25, 0.3) is 11.3 Å². The van der Waals surface area contributed by atoms with Crippen molar-refractivity contribution in [1.82, 2.24) is 10.3 Å². The molecule has 0 fully saturated rings. The van der Waals surface area contributed by atoms with Gasteiger partial charge in [0.2, 0.25) is 5.91 Å². The van der Waals surface area contributed by atoms with Crippen molar-refractivity contribution in [2.24, 2.45) is 5.41 Å². The SMILES string of the molecule is CC(C)(C)CC(CO)NC(=O)CCc1ncc(-c2ccccc2F)o1. The van der Waals surface area contributed by atoms with E-state index in [2.05, 4.69) is 31.1 Å². The highest BCUT2D eigenvalue weighted by molar-refractivity contribution is 5.76. The van der Waals surface area contributed by atoms with Crippen LogP contribution in [0.2, 0.25) is 0 Å². The second-order valence-corrected chi connectivity index (χ2v) is 7.31. The summed E-state index contributed by atoms with van der Waals surface area (Å²) in [4.78, 5) is 16.2. The minimum Gasteiger partial charge on any atom is -0.441 e. The van der Waals surface area contributed by atoms with E-state index in [1.54, 1.807) is 18.2 Å². The second-order valence-electron chi connectivity index (χ2n) is 7.31. The van der Waals surface area contributed by atoms with Crippen LogP contribution in [-0.2, 0) is 11.2 Å². The number of amides is 1. The Hall–Kier alpha value is -2.21. The molecule has 2 aromatic rings. The van der Waals surface area contributed by atoms with E-state index >= 15 is 0 Å². The Morgan fingerprint density at radius 3 is 2.72 bits per heavy atom. The van der Waals surface area contributed by atoms with Gasteiger partial charge in [0.1, 0.15) is 5.82 Å². The van der Waals surface area contributed by atoms with Gasteiger partial charge < -0.3 is 14.8 Å². The number of hydrogen-bond acceptors (Lipinski definition) is 4. The summed E-state index contributed by atoms with van der Waals surface area (Å²) < 4.78 is 19.3. The van der Waals surface area contributed by atoms with Crippen molar-refractivity contribution in [3.05, 3.63) is 42.2 Å². The molecule has 0 aliphatic carbocycles. The van der Waals surface area contributed by atoms with Crippen LogP contribution in [0.5, 0.6) is 0 Å². The molecule has 25 heavy (non-hydrogen) atoms. The first-order chi connectivity index (χ1) is 11.8. The van der Waals surface area contributed by atoms with Crippen LogP contribution in [0, 0.1) is 11.2 Å². The van der Waals surface area contributed by atoms with Crippen LogP contribution in [0.4, 0.5) is 4.39 Å². The molecule has 0 saturated heterocycles. The molecule has 0 spiro atoms. The molecule has 2 N–H and O–H groups in total. The molecule has 2 rings (SSSR count). The average Bonchev–Trinajstić information content (AvgIpc) is 3.00. The predicted molar refractivity (Wildman–Crippen MR) is 93.3 cm³/mol. The lowest BCUT2D eigenvalue weighted by molar-refractivity contribution is -0.122. The minimum absolute atomic E-state index is 0.0118. The standard InChI is InChI=1S/C19H25FN2O3/c1-19(2,3)10-13(12-23)22-17(24)8-9-18-21-11-16(25-18)14-6-4-5-7-15(14)20/h4-7,11,13,23H,8-10,12H2,1-3H3,(H,22,24). The Bertz CT molecular complexity index is 707. The van der Waals surface area contributed by atoms with Gasteiger partial charge >= 0.3 is 0 Å². The Labute approximate surface area is 147 Å². The molecule has 0 aliphatic rings. The number of aryl methyl sites for hydroxylation is 1. The molecule has 0 bridgehead atoms. The largest absolute Gasteiger partial charge is 0.441 e. The zero-order valence-electron chi connectivity index (χ0n) is 14.9. The van der Waals surface area contributed by atoms with E-state index in [4.69, 9.17) is 4.42 Å². The van der Waals surface area contributed by atoms with Crippen molar-refractivity contribution in [3.63, 3.8) is 0 Å². The summed E-state index contributed by atoms with van der Waals surface area (Å²) in [5.41, 5.74) is 0.356. The molecule has 1 unspecified atom stereocenters. The van der Waals surface area contributed by atoms with Crippen molar-refractivity contribution in [1.29, 1.82) is 0 Å². The number of nitrogens with one attached hydrogen (secondary N) is 1. The van der Waals surface area contributed by atoms with E-state index < -0.39 is 0 Å². The van der Waals surface area contributed by atoms with E-state index in [1.807, 2.05) is 0 Å². The minimum atomic E-state index is -0.379. The summed E-state index contributed by atoms with van der Waals surface area (Å²) in [6.07, 6.45) is 2.65. The van der Waals surface area contributed by atoms with Crippen LogP contribution in [-0.4, -0.2) is 28.6 Å². The Morgan fingerprint density at radius 1 is 1.36 bits per heavy atom. The summed E-state index contributed by atoms with van der Waals surface area (Å²) in [5.74, 6) is 0.170. The molecular formula is C19H25FN2O3. The van der Waals surface area contributed by atoms with Crippen molar-refractivity contribution in [2.45, 2.75) is 46.1 Å². The van der Waals surface area contributed by atoms with E-state index in [0.717, 1.165) is 0 Å². The number of benzene rings is 1. The fourth-order valence-electron chi connectivity index (χ4n) is 2.63. The van der Waals surface area contributed by atoms with E-state index in [1.165, 1.54) is 12.3 Å². The van der Waals surface area contributed by atoms with Gasteiger partial charge in [-0.3, -0.25) is 4.79 Å². The summed E-state index contributed by atoms with van der Waals surface area (Å²) in [5, 5.41) is 12.2. The Kier molecular flexibility index (Phi) is 6.31. The third-order valence-corrected chi connectivity index (χ3v) is 3.70. The smallest absolute Gasteiger partial charge is 0.220 e. The molecule has 0 saturated carbocycles. The molecule has 0 radical (unpaired) electrons. The van der Waals surface area contributed by atoms with Gasteiger partial charge in [0.05, 0.1) is 24.4 Å². The maximum atomic E-state index is 13.7. The molecule has 1 heterocycles. The van der Waals surface area contributed by atoms with Crippen molar-refractivity contribution >= 4 is 5.91 Å². The van der Waals surface area contributed by atoms with Gasteiger partial charge in [-0.25, -0.2) is 9.37 Å². The molecule has 1 aromatic heterocycles. The molecule has 6 heteroatoms. The van der Waals surface area contributed by atoms with Gasteiger partial charge in [-0.2, -0.15) is 0 Å². The van der Waals surface area contributed by atoms with E-state index in [0.29, 0.717) is 30.1 Å². The highest BCUT2D eigenvalue weighted by Crippen LogP contribution is 2.24. The fourth-order valence-corrected chi connectivity index (χ4v) is 2.63. The number of rotatable bonds is 7. The molecular weight excluding hydrogens is 323 g/mol. The van der Waals surface area contributed by atoms with Crippen LogP contribution >= 0.6 is 0 Å². The average molecular weight is 348 g/mol. The van der Waals surface area contributed by atoms with Crippen molar-refractivity contribution in [3.8, 4) is 11.3 Å². The number of carbonyl (C=O) groups is 1. The number of carbonyl (C=O) groups excluding carboxylic acids is 1. The highest BCUT2D eigenvalue weighted by Gasteiger charge is 2.20. The topological polar surface area (TPSA) is 75.4 Å². The first-order valence-electron chi connectivity index (χ1n) is 8.38. The lowest BCUT2D eigenvalue weighted by atomic mass is 9.88. The van der Waals surface area contributed by atoms with Crippen molar-refractivity contribution < 1.29 is 18.7 Å². The lowest BCUT2D eigenvalue weighted by Crippen LogP contribution is -2.40. The maximum absolute atomic E-state index is 13.7. The first-order valence-corrected chi connectivity index (χ1v) is 8.38. The molecule has 1 amide bonds. The summed E-state index contributed by atoms with van der Waals surface area (Å²) >= 11 is 0. The number of aromatic nitrogens is 1. The third-order valence-electron chi connectivity index (χ3n) is 3.70. The number of aliphatic hydroxyl groups excluding tert-OH is 1. The summed E-state index contributed by atoms with van der Waals surface area (Å²) in [6.45, 7) is 6.07. The highest BCUT2D eigenvalue weighted by atomic mass is 19.1. The number of halogens is 1. The fraction of sp³-hybridized carbons (Fsp3) is 0.474. The summed E-state index contributed by atoms with van der Waals surface area (Å²) in [6, 6.07) is 6.03. The molecule has 1 aromatic carbocycles. The van der Waals surface area contributed by atoms with Gasteiger partial charge in [-0.15, -0.1) is 0 Å². The molecule has 0 aliphatic heterocycles. The molecule has 136 valence electrons. The Morgan fingerprint density at radius 2 is 2.08 bits per heavy atom. The molecule has 1 atom stereocenters. The van der Waals surface area contributed by atoms with Crippen LogP contribution < -0.4 is 5.32 Å². The van der Waals surface area contributed by atoms with Gasteiger partial charge in [0, 0.05) is 12.8 Å².